The highest BCUT2D eigenvalue weighted by Crippen LogP contribution is 2.33. The van der Waals surface area contributed by atoms with Gasteiger partial charge in [0.15, 0.2) is 0 Å². The first kappa shape index (κ1) is 20.1. The SMILES string of the molecule is CSc1ccc(NC(=O)N2CC(COc3cccc(C)c3C)(C(=O)O)C2)cc1. The van der Waals surface area contributed by atoms with Gasteiger partial charge in [-0.25, -0.2) is 4.79 Å². The highest BCUT2D eigenvalue weighted by molar-refractivity contribution is 7.98. The van der Waals surface area contributed by atoms with Gasteiger partial charge in [0.25, 0.3) is 0 Å². The molecule has 3 rings (SSSR count). The van der Waals surface area contributed by atoms with Crippen molar-refractivity contribution in [2.45, 2.75) is 18.7 Å². The second kappa shape index (κ2) is 8.14. The third-order valence-corrected chi connectivity index (χ3v) is 5.87. The molecule has 0 bridgehead atoms. The Morgan fingerprint density at radius 2 is 1.86 bits per heavy atom. The zero-order chi connectivity index (χ0) is 20.3. The summed E-state index contributed by atoms with van der Waals surface area (Å²) in [5, 5.41) is 12.5. The number of hydrogen-bond donors (Lipinski definition) is 2. The van der Waals surface area contributed by atoms with Crippen molar-refractivity contribution in [3.8, 4) is 5.75 Å². The van der Waals surface area contributed by atoms with Crippen molar-refractivity contribution in [1.82, 2.24) is 4.90 Å². The Balaban J connectivity index is 1.60. The van der Waals surface area contributed by atoms with Crippen LogP contribution in [0.5, 0.6) is 5.75 Å². The van der Waals surface area contributed by atoms with Crippen LogP contribution in [0.15, 0.2) is 47.4 Å². The van der Waals surface area contributed by atoms with Crippen LogP contribution in [0.4, 0.5) is 10.5 Å². The van der Waals surface area contributed by atoms with Crippen LogP contribution in [0.3, 0.4) is 0 Å². The van der Waals surface area contributed by atoms with Gasteiger partial charge in [-0.3, -0.25) is 4.79 Å². The van der Waals surface area contributed by atoms with Crippen molar-refractivity contribution in [2.75, 3.05) is 31.3 Å². The molecule has 0 saturated carbocycles. The average molecular weight is 401 g/mol. The molecule has 6 nitrogen and oxygen atoms in total. The fourth-order valence-electron chi connectivity index (χ4n) is 3.09. The van der Waals surface area contributed by atoms with Gasteiger partial charge in [0.1, 0.15) is 17.8 Å². The van der Waals surface area contributed by atoms with Gasteiger partial charge in [0, 0.05) is 23.7 Å². The van der Waals surface area contributed by atoms with Gasteiger partial charge in [-0.05, 0) is 61.6 Å². The number of anilines is 1. The summed E-state index contributed by atoms with van der Waals surface area (Å²) in [6.45, 7) is 4.18. The number of nitrogens with one attached hydrogen (secondary N) is 1. The van der Waals surface area contributed by atoms with Gasteiger partial charge in [-0.2, -0.15) is 0 Å². The van der Waals surface area contributed by atoms with Crippen molar-refractivity contribution >= 4 is 29.4 Å². The summed E-state index contributed by atoms with van der Waals surface area (Å²) in [6.07, 6.45) is 1.99. The summed E-state index contributed by atoms with van der Waals surface area (Å²) in [5.74, 6) is -0.274. The lowest BCUT2D eigenvalue weighted by atomic mass is 9.81. The minimum Gasteiger partial charge on any atom is -0.492 e. The summed E-state index contributed by atoms with van der Waals surface area (Å²) in [4.78, 5) is 26.8. The topological polar surface area (TPSA) is 78.9 Å². The molecule has 1 aliphatic rings. The van der Waals surface area contributed by atoms with E-state index < -0.39 is 11.4 Å². The fraction of sp³-hybridized carbons (Fsp3) is 0.333. The van der Waals surface area contributed by atoms with Crippen LogP contribution in [0.2, 0.25) is 0 Å². The van der Waals surface area contributed by atoms with Crippen LogP contribution in [0, 0.1) is 19.3 Å². The van der Waals surface area contributed by atoms with Gasteiger partial charge in [-0.1, -0.05) is 12.1 Å². The van der Waals surface area contributed by atoms with Crippen LogP contribution in [0.25, 0.3) is 0 Å². The Morgan fingerprint density at radius 1 is 1.18 bits per heavy atom. The van der Waals surface area contributed by atoms with E-state index in [4.69, 9.17) is 4.74 Å². The van der Waals surface area contributed by atoms with E-state index in [0.717, 1.165) is 16.0 Å². The number of aryl methyl sites for hydroxylation is 1. The van der Waals surface area contributed by atoms with E-state index in [9.17, 15) is 14.7 Å². The van der Waals surface area contributed by atoms with E-state index in [-0.39, 0.29) is 25.7 Å². The van der Waals surface area contributed by atoms with Crippen LogP contribution in [-0.4, -0.2) is 48.0 Å². The monoisotopic (exact) mass is 400 g/mol. The van der Waals surface area contributed by atoms with Crippen molar-refractivity contribution in [1.29, 1.82) is 0 Å². The maximum Gasteiger partial charge on any atom is 0.321 e. The van der Waals surface area contributed by atoms with E-state index >= 15 is 0 Å². The summed E-state index contributed by atoms with van der Waals surface area (Å²) in [7, 11) is 0. The van der Waals surface area contributed by atoms with Crippen molar-refractivity contribution in [3.63, 3.8) is 0 Å². The molecule has 1 heterocycles. The Kier molecular flexibility index (Phi) is 5.84. The van der Waals surface area contributed by atoms with Crippen LogP contribution in [0.1, 0.15) is 11.1 Å². The average Bonchev–Trinajstić information content (AvgIpc) is 2.64. The Hall–Kier alpha value is -2.67. The molecule has 7 heteroatoms. The number of carbonyl (C=O) groups excluding carboxylic acids is 1. The molecule has 148 valence electrons. The van der Waals surface area contributed by atoms with Crippen molar-refractivity contribution < 1.29 is 19.4 Å². The first-order valence-electron chi connectivity index (χ1n) is 8.97. The third-order valence-electron chi connectivity index (χ3n) is 5.13. The molecule has 0 aliphatic carbocycles. The lowest BCUT2D eigenvalue weighted by Crippen LogP contribution is -2.65. The van der Waals surface area contributed by atoms with Crippen LogP contribution in [-0.2, 0) is 4.79 Å². The smallest absolute Gasteiger partial charge is 0.321 e. The number of hydrogen-bond acceptors (Lipinski definition) is 4. The van der Waals surface area contributed by atoms with Gasteiger partial charge < -0.3 is 20.1 Å². The number of aliphatic carboxylic acids is 1. The summed E-state index contributed by atoms with van der Waals surface area (Å²) in [6, 6.07) is 12.9. The Morgan fingerprint density at radius 3 is 2.46 bits per heavy atom. The predicted molar refractivity (Wildman–Crippen MR) is 110 cm³/mol. The van der Waals surface area contributed by atoms with Gasteiger partial charge in [0.2, 0.25) is 0 Å². The largest absolute Gasteiger partial charge is 0.492 e. The molecule has 0 atom stereocenters. The van der Waals surface area contributed by atoms with E-state index in [1.807, 2.05) is 62.6 Å². The Bertz CT molecular complexity index is 876. The number of carboxylic acids is 1. The molecular weight excluding hydrogens is 376 g/mol. The number of likely N-dealkylation sites (tertiary alicyclic amines) is 1. The normalized spacial score (nSPS) is 14.9. The molecule has 2 aromatic rings. The lowest BCUT2D eigenvalue weighted by molar-refractivity contribution is -0.160. The van der Waals surface area contributed by atoms with Crippen LogP contribution >= 0.6 is 11.8 Å². The summed E-state index contributed by atoms with van der Waals surface area (Å²) < 4.78 is 5.82. The highest BCUT2D eigenvalue weighted by atomic mass is 32.2. The number of thioether (sulfide) groups is 1. The lowest BCUT2D eigenvalue weighted by Gasteiger charge is -2.46. The Labute approximate surface area is 168 Å². The maximum atomic E-state index is 12.4. The molecule has 0 spiro atoms. The number of benzene rings is 2. The molecule has 0 aromatic heterocycles. The van der Waals surface area contributed by atoms with Gasteiger partial charge >= 0.3 is 12.0 Å². The fourth-order valence-corrected chi connectivity index (χ4v) is 3.50. The molecule has 2 aromatic carbocycles. The summed E-state index contributed by atoms with van der Waals surface area (Å²) >= 11 is 1.62. The molecule has 2 N–H and O–H groups in total. The molecule has 0 unspecified atom stereocenters. The van der Waals surface area contributed by atoms with E-state index in [0.29, 0.717) is 11.4 Å². The minimum absolute atomic E-state index is 0.0266. The zero-order valence-corrected chi connectivity index (χ0v) is 17.0. The summed E-state index contributed by atoms with van der Waals surface area (Å²) in [5.41, 5.74) is 1.67. The maximum absolute atomic E-state index is 12.4. The van der Waals surface area contributed by atoms with Gasteiger partial charge in [-0.15, -0.1) is 11.8 Å². The van der Waals surface area contributed by atoms with Crippen LogP contribution < -0.4 is 10.1 Å². The quantitative estimate of drug-likeness (QED) is 0.716. The van der Waals surface area contributed by atoms with E-state index in [1.54, 1.807) is 11.8 Å². The highest BCUT2D eigenvalue weighted by Gasteiger charge is 2.52. The molecule has 1 fully saturated rings. The predicted octanol–water partition coefficient (Wildman–Crippen LogP) is 4.02. The standard InChI is InChI=1S/C21H24N2O4S/c1-14-5-4-6-18(15(14)2)27-13-21(19(24)25)11-23(12-21)20(26)22-16-7-9-17(28-3)10-8-16/h4-10H,11-13H2,1-3H3,(H,22,26)(H,24,25). The number of nitrogens with zero attached hydrogens (tertiary/aromatic N) is 1. The first-order valence-corrected chi connectivity index (χ1v) is 10.2. The first-order chi connectivity index (χ1) is 13.3. The molecule has 2 amide bonds. The van der Waals surface area contributed by atoms with Crippen molar-refractivity contribution in [3.05, 3.63) is 53.6 Å². The van der Waals surface area contributed by atoms with Crippen molar-refractivity contribution in [2.24, 2.45) is 5.41 Å². The third kappa shape index (κ3) is 4.09. The van der Waals surface area contributed by atoms with E-state index in [1.165, 1.54) is 4.90 Å². The molecule has 1 saturated heterocycles. The second-order valence-corrected chi connectivity index (χ2v) is 7.97. The zero-order valence-electron chi connectivity index (χ0n) is 16.2. The second-order valence-electron chi connectivity index (χ2n) is 7.09. The molecule has 1 aliphatic heterocycles. The van der Waals surface area contributed by atoms with E-state index in [2.05, 4.69) is 5.32 Å². The molecule has 0 radical (unpaired) electrons. The number of carboxylic acid groups (broad SMARTS) is 1. The van der Waals surface area contributed by atoms with Gasteiger partial charge in [0.05, 0.1) is 0 Å². The molecule has 28 heavy (non-hydrogen) atoms. The number of carbonyl (C=O) groups is 2. The minimum atomic E-state index is -1.09. The molecular formula is C21H24N2O4S. The number of ether oxygens (including phenoxy) is 1. The number of urea groups is 1. The number of amides is 2. The number of rotatable bonds is 6.